The molecule has 0 saturated heterocycles. The lowest BCUT2D eigenvalue weighted by atomic mass is 10.3. The third-order valence-electron chi connectivity index (χ3n) is 3.56. The lowest BCUT2D eigenvalue weighted by Crippen LogP contribution is -2.19. The van der Waals surface area contributed by atoms with E-state index in [4.69, 9.17) is 16.3 Å². The molecule has 0 spiro atoms. The molecule has 0 aliphatic carbocycles. The van der Waals surface area contributed by atoms with Crippen LogP contribution in [-0.2, 0) is 16.1 Å². The zero-order valence-electron chi connectivity index (χ0n) is 14.1. The van der Waals surface area contributed by atoms with Crippen LogP contribution in [-0.4, -0.2) is 29.1 Å². The van der Waals surface area contributed by atoms with E-state index >= 15 is 0 Å². The van der Waals surface area contributed by atoms with Gasteiger partial charge >= 0.3 is 5.00 Å². The summed E-state index contributed by atoms with van der Waals surface area (Å²) in [6.07, 6.45) is 2.81. The van der Waals surface area contributed by atoms with Crippen molar-refractivity contribution < 1.29 is 14.5 Å². The Labute approximate surface area is 167 Å². The van der Waals surface area contributed by atoms with E-state index in [0.29, 0.717) is 27.9 Å². The summed E-state index contributed by atoms with van der Waals surface area (Å²) >= 11 is 8.67. The molecular weight excluding hydrogens is 410 g/mol. The van der Waals surface area contributed by atoms with Crippen LogP contribution < -0.4 is 4.80 Å². The number of hydrogen-bond acceptors (Lipinski definition) is 6. The van der Waals surface area contributed by atoms with E-state index in [1.165, 1.54) is 29.6 Å². The second kappa shape index (κ2) is 8.57. The minimum absolute atomic E-state index is 0.0237. The fourth-order valence-corrected chi connectivity index (χ4v) is 4.52. The number of benzene rings is 1. The predicted octanol–water partition coefficient (Wildman–Crippen LogP) is 4.11. The number of amides is 1. The van der Waals surface area contributed by atoms with Crippen LogP contribution in [0.2, 0.25) is 5.02 Å². The van der Waals surface area contributed by atoms with Crippen LogP contribution in [0.5, 0.6) is 0 Å². The molecular formula is C17H14ClN3O4S2. The Bertz CT molecular complexity index is 1100. The number of carbonyl (C=O) groups is 1. The van der Waals surface area contributed by atoms with Crippen LogP contribution >= 0.6 is 34.3 Å². The van der Waals surface area contributed by atoms with Gasteiger partial charge in [0.1, 0.15) is 0 Å². The highest BCUT2D eigenvalue weighted by molar-refractivity contribution is 7.16. The summed E-state index contributed by atoms with van der Waals surface area (Å²) in [4.78, 5) is 27.8. The van der Waals surface area contributed by atoms with Gasteiger partial charge in [0, 0.05) is 30.7 Å². The van der Waals surface area contributed by atoms with Gasteiger partial charge in [-0.2, -0.15) is 4.99 Å². The highest BCUT2D eigenvalue weighted by Crippen LogP contribution is 2.26. The Morgan fingerprint density at radius 1 is 1.37 bits per heavy atom. The van der Waals surface area contributed by atoms with Crippen molar-refractivity contribution in [1.29, 1.82) is 0 Å². The number of carbonyl (C=O) groups excluding carboxylic acids is 1. The third-order valence-corrected chi connectivity index (χ3v) is 5.91. The first-order valence-corrected chi connectivity index (χ1v) is 9.78. The molecule has 0 radical (unpaired) electrons. The molecule has 3 aromatic rings. The summed E-state index contributed by atoms with van der Waals surface area (Å²) in [7, 11) is 1.60. The van der Waals surface area contributed by atoms with Crippen LogP contribution in [0.15, 0.2) is 41.4 Å². The van der Waals surface area contributed by atoms with Gasteiger partial charge in [0.05, 0.1) is 26.8 Å². The first kappa shape index (κ1) is 19.4. The number of thiophene rings is 1. The zero-order chi connectivity index (χ0) is 19.4. The number of halogens is 1. The predicted molar refractivity (Wildman–Crippen MR) is 107 cm³/mol. The SMILES string of the molecule is COCCn1c(=NC(=O)/C=C/c2ccc([N+](=O)[O-])s2)sc2cccc(Cl)c21. The maximum absolute atomic E-state index is 12.3. The van der Waals surface area contributed by atoms with E-state index in [0.717, 1.165) is 21.6 Å². The summed E-state index contributed by atoms with van der Waals surface area (Å²) in [6.45, 7) is 0.959. The highest BCUT2D eigenvalue weighted by Gasteiger charge is 2.11. The third kappa shape index (κ3) is 4.51. The molecule has 3 rings (SSSR count). The topological polar surface area (TPSA) is 86.7 Å². The smallest absolute Gasteiger partial charge is 0.324 e. The Balaban J connectivity index is 1.93. The van der Waals surface area contributed by atoms with Gasteiger partial charge in [-0.05, 0) is 24.3 Å². The molecule has 0 N–H and O–H groups in total. The summed E-state index contributed by atoms with van der Waals surface area (Å²) < 4.78 is 7.91. The van der Waals surface area contributed by atoms with E-state index in [1.54, 1.807) is 19.2 Å². The number of ether oxygens (including phenoxy) is 1. The Morgan fingerprint density at radius 2 is 2.19 bits per heavy atom. The summed E-state index contributed by atoms with van der Waals surface area (Å²) in [5, 5.41) is 11.3. The van der Waals surface area contributed by atoms with Crippen molar-refractivity contribution in [2.75, 3.05) is 13.7 Å². The van der Waals surface area contributed by atoms with Gasteiger partial charge in [0.2, 0.25) is 0 Å². The number of nitro groups is 1. The van der Waals surface area contributed by atoms with Crippen molar-refractivity contribution in [2.45, 2.75) is 6.54 Å². The molecule has 0 fully saturated rings. The lowest BCUT2D eigenvalue weighted by molar-refractivity contribution is -0.380. The Kier molecular flexibility index (Phi) is 6.17. The number of methoxy groups -OCH3 is 1. The normalized spacial score (nSPS) is 12.3. The molecule has 2 aromatic heterocycles. The molecule has 0 unspecified atom stereocenters. The highest BCUT2D eigenvalue weighted by atomic mass is 35.5. The average Bonchev–Trinajstić information content (AvgIpc) is 3.23. The van der Waals surface area contributed by atoms with Gasteiger partial charge in [-0.15, -0.1) is 0 Å². The summed E-state index contributed by atoms with van der Waals surface area (Å²) in [5.74, 6) is -0.458. The minimum atomic E-state index is -0.464. The largest absolute Gasteiger partial charge is 0.383 e. The van der Waals surface area contributed by atoms with Gasteiger partial charge < -0.3 is 9.30 Å². The average molecular weight is 424 g/mol. The van der Waals surface area contributed by atoms with E-state index in [1.807, 2.05) is 16.7 Å². The van der Waals surface area contributed by atoms with Gasteiger partial charge in [0.25, 0.3) is 5.91 Å². The Hall–Kier alpha value is -2.33. The van der Waals surface area contributed by atoms with Crippen LogP contribution in [0.4, 0.5) is 5.00 Å². The summed E-state index contributed by atoms with van der Waals surface area (Å²) in [5.41, 5.74) is 0.811. The van der Waals surface area contributed by atoms with Crippen molar-refractivity contribution >= 4 is 61.5 Å². The number of thiazole rings is 1. The van der Waals surface area contributed by atoms with Gasteiger partial charge in [0.15, 0.2) is 4.80 Å². The minimum Gasteiger partial charge on any atom is -0.383 e. The van der Waals surface area contributed by atoms with E-state index in [9.17, 15) is 14.9 Å². The first-order chi connectivity index (χ1) is 13.0. The molecule has 0 aliphatic heterocycles. The summed E-state index contributed by atoms with van der Waals surface area (Å²) in [6, 6.07) is 8.54. The number of fused-ring (bicyclic) bond motifs is 1. The van der Waals surface area contributed by atoms with Gasteiger partial charge in [-0.25, -0.2) is 0 Å². The van der Waals surface area contributed by atoms with Crippen LogP contribution in [0.1, 0.15) is 4.88 Å². The molecule has 10 heteroatoms. The quantitative estimate of drug-likeness (QED) is 0.339. The maximum atomic E-state index is 12.3. The molecule has 0 bridgehead atoms. The molecule has 1 amide bonds. The van der Waals surface area contributed by atoms with Crippen molar-refractivity contribution in [3.8, 4) is 0 Å². The molecule has 2 heterocycles. The molecule has 0 atom stereocenters. The molecule has 140 valence electrons. The molecule has 27 heavy (non-hydrogen) atoms. The van der Waals surface area contributed by atoms with Crippen molar-refractivity contribution in [3.05, 3.63) is 61.2 Å². The van der Waals surface area contributed by atoms with E-state index in [-0.39, 0.29) is 5.00 Å². The van der Waals surface area contributed by atoms with Gasteiger partial charge in [-0.1, -0.05) is 40.3 Å². The number of rotatable bonds is 6. The fraction of sp³-hybridized carbons (Fsp3) is 0.176. The number of para-hydroxylation sites is 1. The number of nitrogens with zero attached hydrogens (tertiary/aromatic N) is 3. The zero-order valence-corrected chi connectivity index (χ0v) is 16.5. The second-order valence-electron chi connectivity index (χ2n) is 5.33. The Morgan fingerprint density at radius 3 is 2.89 bits per heavy atom. The fourth-order valence-electron chi connectivity index (χ4n) is 2.38. The monoisotopic (exact) mass is 423 g/mol. The van der Waals surface area contributed by atoms with Crippen LogP contribution in [0, 0.1) is 10.1 Å². The molecule has 0 aliphatic rings. The lowest BCUT2D eigenvalue weighted by Gasteiger charge is -2.05. The van der Waals surface area contributed by atoms with Crippen molar-refractivity contribution in [2.24, 2.45) is 4.99 Å². The maximum Gasteiger partial charge on any atom is 0.324 e. The van der Waals surface area contributed by atoms with Crippen molar-refractivity contribution in [1.82, 2.24) is 4.57 Å². The van der Waals surface area contributed by atoms with Crippen LogP contribution in [0.25, 0.3) is 16.3 Å². The number of aromatic nitrogens is 1. The molecule has 1 aromatic carbocycles. The van der Waals surface area contributed by atoms with Crippen LogP contribution in [0.3, 0.4) is 0 Å². The van der Waals surface area contributed by atoms with Crippen molar-refractivity contribution in [3.63, 3.8) is 0 Å². The first-order valence-electron chi connectivity index (χ1n) is 7.77. The second-order valence-corrected chi connectivity index (χ2v) is 7.84. The standard InChI is InChI=1S/C17H14ClN3O4S2/c1-25-10-9-20-16-12(18)3-2-4-13(16)27-17(20)19-14(22)7-5-11-6-8-15(26-11)21(23)24/h2-8H,9-10H2,1H3/b7-5+,19-17?. The molecule has 7 nitrogen and oxygen atoms in total. The van der Waals surface area contributed by atoms with Gasteiger partial charge in [-0.3, -0.25) is 14.9 Å². The van der Waals surface area contributed by atoms with E-state index < -0.39 is 10.8 Å². The molecule has 0 saturated carbocycles. The van der Waals surface area contributed by atoms with E-state index in [2.05, 4.69) is 4.99 Å². The number of hydrogen-bond donors (Lipinski definition) is 0.